The standard InChI is InChI=1S/C12H15N3O3/c1-2-14(11-7-13-8-11)12(16)9-4-3-5-10(6-9)15(17)18/h3-6,11,13H,2,7-8H2,1H3. The van der Waals surface area contributed by atoms with E-state index in [1.54, 1.807) is 11.0 Å². The number of nitrogens with zero attached hydrogens (tertiary/aromatic N) is 2. The zero-order valence-corrected chi connectivity index (χ0v) is 10.1. The Labute approximate surface area is 105 Å². The van der Waals surface area contributed by atoms with Gasteiger partial charge in [-0.2, -0.15) is 0 Å². The van der Waals surface area contributed by atoms with Gasteiger partial charge in [0.1, 0.15) is 0 Å². The first kappa shape index (κ1) is 12.5. The molecule has 1 aromatic rings. The molecule has 0 radical (unpaired) electrons. The summed E-state index contributed by atoms with van der Waals surface area (Å²) in [7, 11) is 0. The Morgan fingerprint density at radius 1 is 1.56 bits per heavy atom. The number of carbonyl (C=O) groups excluding carboxylic acids is 1. The fourth-order valence-electron chi connectivity index (χ4n) is 1.98. The van der Waals surface area contributed by atoms with Gasteiger partial charge in [-0.3, -0.25) is 14.9 Å². The van der Waals surface area contributed by atoms with Crippen LogP contribution in [0.1, 0.15) is 17.3 Å². The van der Waals surface area contributed by atoms with E-state index in [4.69, 9.17) is 0 Å². The Balaban J connectivity index is 2.21. The summed E-state index contributed by atoms with van der Waals surface area (Å²) in [6, 6.07) is 6.07. The quantitative estimate of drug-likeness (QED) is 0.638. The number of hydrogen-bond donors (Lipinski definition) is 1. The van der Waals surface area contributed by atoms with E-state index in [-0.39, 0.29) is 17.6 Å². The van der Waals surface area contributed by atoms with E-state index in [0.29, 0.717) is 12.1 Å². The summed E-state index contributed by atoms with van der Waals surface area (Å²) in [5.41, 5.74) is 0.321. The number of nitro benzene ring substituents is 1. The number of benzene rings is 1. The molecule has 1 heterocycles. The normalized spacial score (nSPS) is 14.9. The summed E-state index contributed by atoms with van der Waals surface area (Å²) in [5.74, 6) is -0.146. The molecule has 1 aromatic carbocycles. The molecule has 6 heteroatoms. The lowest BCUT2D eigenvalue weighted by molar-refractivity contribution is -0.384. The molecule has 6 nitrogen and oxygen atoms in total. The first-order valence-electron chi connectivity index (χ1n) is 5.89. The summed E-state index contributed by atoms with van der Waals surface area (Å²) in [4.78, 5) is 24.2. The van der Waals surface area contributed by atoms with Crippen molar-refractivity contribution in [2.24, 2.45) is 0 Å². The minimum Gasteiger partial charge on any atom is -0.333 e. The molecule has 0 atom stereocenters. The van der Waals surface area contributed by atoms with Crippen molar-refractivity contribution in [1.82, 2.24) is 10.2 Å². The molecule has 96 valence electrons. The largest absolute Gasteiger partial charge is 0.333 e. The molecule has 0 saturated carbocycles. The van der Waals surface area contributed by atoms with Gasteiger partial charge < -0.3 is 10.2 Å². The summed E-state index contributed by atoms with van der Waals surface area (Å²) in [6.45, 7) is 4.09. The van der Waals surface area contributed by atoms with Crippen LogP contribution in [0, 0.1) is 10.1 Å². The number of carbonyl (C=O) groups is 1. The number of rotatable bonds is 4. The van der Waals surface area contributed by atoms with Crippen LogP contribution in [0.25, 0.3) is 0 Å². The molecule has 1 N–H and O–H groups in total. The highest BCUT2D eigenvalue weighted by molar-refractivity contribution is 5.95. The van der Waals surface area contributed by atoms with E-state index >= 15 is 0 Å². The van der Waals surface area contributed by atoms with Crippen molar-refractivity contribution in [3.63, 3.8) is 0 Å². The minimum absolute atomic E-state index is 0.0522. The molecule has 0 unspecified atom stereocenters. The van der Waals surface area contributed by atoms with Gasteiger partial charge in [0.05, 0.1) is 11.0 Å². The van der Waals surface area contributed by atoms with Gasteiger partial charge in [0.25, 0.3) is 11.6 Å². The average molecular weight is 249 g/mol. The van der Waals surface area contributed by atoms with Crippen molar-refractivity contribution in [2.75, 3.05) is 19.6 Å². The van der Waals surface area contributed by atoms with Crippen LogP contribution in [0.2, 0.25) is 0 Å². The van der Waals surface area contributed by atoms with Gasteiger partial charge in [-0.1, -0.05) is 6.07 Å². The van der Waals surface area contributed by atoms with Gasteiger partial charge in [-0.25, -0.2) is 0 Å². The van der Waals surface area contributed by atoms with Crippen molar-refractivity contribution < 1.29 is 9.72 Å². The molecule has 0 aliphatic carbocycles. The Morgan fingerprint density at radius 2 is 2.28 bits per heavy atom. The molecule has 1 saturated heterocycles. The fraction of sp³-hybridized carbons (Fsp3) is 0.417. The van der Waals surface area contributed by atoms with E-state index < -0.39 is 4.92 Å². The van der Waals surface area contributed by atoms with Crippen molar-refractivity contribution in [1.29, 1.82) is 0 Å². The van der Waals surface area contributed by atoms with Crippen molar-refractivity contribution in [2.45, 2.75) is 13.0 Å². The number of amides is 1. The van der Waals surface area contributed by atoms with Gasteiger partial charge in [-0.05, 0) is 13.0 Å². The van der Waals surface area contributed by atoms with Crippen molar-refractivity contribution in [3.05, 3.63) is 39.9 Å². The lowest BCUT2D eigenvalue weighted by Gasteiger charge is -2.37. The Hall–Kier alpha value is -1.95. The predicted octanol–water partition coefficient (Wildman–Crippen LogP) is 1.03. The van der Waals surface area contributed by atoms with Crippen molar-refractivity contribution >= 4 is 11.6 Å². The van der Waals surface area contributed by atoms with Crippen LogP contribution >= 0.6 is 0 Å². The molecule has 1 amide bonds. The highest BCUT2D eigenvalue weighted by atomic mass is 16.6. The number of hydrogen-bond acceptors (Lipinski definition) is 4. The number of non-ortho nitro benzene ring substituents is 1. The highest BCUT2D eigenvalue weighted by Gasteiger charge is 2.28. The van der Waals surface area contributed by atoms with E-state index in [9.17, 15) is 14.9 Å². The number of nitro groups is 1. The molecule has 1 aliphatic rings. The topological polar surface area (TPSA) is 75.5 Å². The maximum absolute atomic E-state index is 12.3. The SMILES string of the molecule is CCN(C(=O)c1cccc([N+](=O)[O-])c1)C1CNC1. The zero-order chi connectivity index (χ0) is 13.1. The highest BCUT2D eigenvalue weighted by Crippen LogP contribution is 2.16. The lowest BCUT2D eigenvalue weighted by atomic mass is 10.1. The Bertz CT molecular complexity index is 471. The molecule has 0 aromatic heterocycles. The van der Waals surface area contributed by atoms with Crippen LogP contribution in [-0.4, -0.2) is 41.4 Å². The average Bonchev–Trinajstić information content (AvgIpc) is 2.32. The molecular formula is C12H15N3O3. The second kappa shape index (κ2) is 5.14. The zero-order valence-electron chi connectivity index (χ0n) is 10.1. The van der Waals surface area contributed by atoms with E-state index in [2.05, 4.69) is 5.32 Å². The van der Waals surface area contributed by atoms with Gasteiger partial charge in [0.2, 0.25) is 0 Å². The maximum Gasteiger partial charge on any atom is 0.270 e. The van der Waals surface area contributed by atoms with Crippen LogP contribution < -0.4 is 5.32 Å². The van der Waals surface area contributed by atoms with Gasteiger partial charge >= 0.3 is 0 Å². The maximum atomic E-state index is 12.3. The lowest BCUT2D eigenvalue weighted by Crippen LogP contribution is -2.58. The monoisotopic (exact) mass is 249 g/mol. The first-order chi connectivity index (χ1) is 8.63. The third-order valence-corrected chi connectivity index (χ3v) is 3.11. The van der Waals surface area contributed by atoms with Gasteiger partial charge in [0, 0.05) is 37.3 Å². The molecule has 0 bridgehead atoms. The summed E-state index contributed by atoms with van der Waals surface area (Å²) in [5, 5.41) is 13.8. The molecule has 2 rings (SSSR count). The molecule has 18 heavy (non-hydrogen) atoms. The van der Waals surface area contributed by atoms with Crippen LogP contribution in [-0.2, 0) is 0 Å². The van der Waals surface area contributed by atoms with Gasteiger partial charge in [0.15, 0.2) is 0 Å². The van der Waals surface area contributed by atoms with E-state index in [0.717, 1.165) is 13.1 Å². The third-order valence-electron chi connectivity index (χ3n) is 3.11. The smallest absolute Gasteiger partial charge is 0.270 e. The third kappa shape index (κ3) is 2.33. The van der Waals surface area contributed by atoms with E-state index in [1.165, 1.54) is 18.2 Å². The van der Waals surface area contributed by atoms with Crippen LogP contribution in [0.4, 0.5) is 5.69 Å². The molecular weight excluding hydrogens is 234 g/mol. The van der Waals surface area contributed by atoms with E-state index in [1.807, 2.05) is 6.92 Å². The number of nitrogens with one attached hydrogen (secondary N) is 1. The predicted molar refractivity (Wildman–Crippen MR) is 66.5 cm³/mol. The summed E-state index contributed by atoms with van der Waals surface area (Å²) >= 11 is 0. The van der Waals surface area contributed by atoms with Crippen LogP contribution in [0.3, 0.4) is 0 Å². The fourth-order valence-corrected chi connectivity index (χ4v) is 1.98. The second-order valence-electron chi connectivity index (χ2n) is 4.21. The first-order valence-corrected chi connectivity index (χ1v) is 5.89. The van der Waals surface area contributed by atoms with Gasteiger partial charge in [-0.15, -0.1) is 0 Å². The number of likely N-dealkylation sites (N-methyl/N-ethyl adjacent to an activating group) is 1. The van der Waals surface area contributed by atoms with Crippen LogP contribution in [0.15, 0.2) is 24.3 Å². The summed E-state index contributed by atoms with van der Waals surface area (Å²) in [6.07, 6.45) is 0. The Kier molecular flexibility index (Phi) is 3.57. The summed E-state index contributed by atoms with van der Waals surface area (Å²) < 4.78 is 0. The van der Waals surface area contributed by atoms with Crippen LogP contribution in [0.5, 0.6) is 0 Å². The Morgan fingerprint density at radius 3 is 2.78 bits per heavy atom. The molecule has 1 aliphatic heterocycles. The second-order valence-corrected chi connectivity index (χ2v) is 4.21. The molecule has 0 spiro atoms. The minimum atomic E-state index is -0.488. The van der Waals surface area contributed by atoms with Crippen molar-refractivity contribution in [3.8, 4) is 0 Å². The molecule has 1 fully saturated rings.